The number of benzene rings is 2. The van der Waals surface area contributed by atoms with Crippen LogP contribution in [0.5, 0.6) is 0 Å². The zero-order valence-corrected chi connectivity index (χ0v) is 11.8. The number of urea groups is 1. The van der Waals surface area contributed by atoms with Crippen LogP contribution in [0, 0.1) is 5.82 Å². The number of carbonyl (C=O) groups is 1. The molecule has 1 N–H and O–H groups in total. The van der Waals surface area contributed by atoms with Gasteiger partial charge in [-0.25, -0.2) is 9.18 Å². The summed E-state index contributed by atoms with van der Waals surface area (Å²) in [5.74, 6) is -0.269. The van der Waals surface area contributed by atoms with E-state index in [9.17, 15) is 9.18 Å². The predicted octanol–water partition coefficient (Wildman–Crippen LogP) is 3.11. The standard InChI is InChI=1S/C17H17FN2O/c1-19-17(21)20-11-10-12-4-2-3-5-15(12)16(20)13-6-8-14(18)9-7-13/h2-9,16H,10-11H2,1H3,(H,19,21). The minimum Gasteiger partial charge on any atom is -0.341 e. The molecule has 0 radical (unpaired) electrons. The Kier molecular flexibility index (Phi) is 3.60. The van der Waals surface area contributed by atoms with Gasteiger partial charge in [0.2, 0.25) is 0 Å². The molecule has 0 saturated heterocycles. The predicted molar refractivity (Wildman–Crippen MR) is 79.6 cm³/mol. The van der Waals surface area contributed by atoms with Crippen molar-refractivity contribution in [2.45, 2.75) is 12.5 Å². The molecule has 1 aliphatic rings. The number of fused-ring (bicyclic) bond motifs is 1. The van der Waals surface area contributed by atoms with Crippen LogP contribution in [-0.4, -0.2) is 24.5 Å². The first-order chi connectivity index (χ1) is 10.2. The van der Waals surface area contributed by atoms with E-state index in [0.717, 1.165) is 17.5 Å². The lowest BCUT2D eigenvalue weighted by Crippen LogP contribution is -2.44. The molecule has 0 aliphatic carbocycles. The summed E-state index contributed by atoms with van der Waals surface area (Å²) in [5.41, 5.74) is 3.28. The smallest absolute Gasteiger partial charge is 0.317 e. The maximum atomic E-state index is 13.2. The van der Waals surface area contributed by atoms with Crippen molar-refractivity contribution in [3.8, 4) is 0 Å². The normalized spacial score (nSPS) is 17.2. The van der Waals surface area contributed by atoms with E-state index in [1.807, 2.05) is 18.2 Å². The molecule has 108 valence electrons. The molecule has 1 heterocycles. The lowest BCUT2D eigenvalue weighted by molar-refractivity contribution is 0.182. The quantitative estimate of drug-likeness (QED) is 0.857. The largest absolute Gasteiger partial charge is 0.341 e. The van der Waals surface area contributed by atoms with Crippen molar-refractivity contribution in [2.24, 2.45) is 0 Å². The Morgan fingerprint density at radius 3 is 2.62 bits per heavy atom. The van der Waals surface area contributed by atoms with Gasteiger partial charge in [-0.1, -0.05) is 36.4 Å². The summed E-state index contributed by atoms with van der Waals surface area (Å²) < 4.78 is 13.2. The van der Waals surface area contributed by atoms with Crippen LogP contribution in [0.2, 0.25) is 0 Å². The van der Waals surface area contributed by atoms with Crippen molar-refractivity contribution in [2.75, 3.05) is 13.6 Å². The van der Waals surface area contributed by atoms with E-state index < -0.39 is 0 Å². The lowest BCUT2D eigenvalue weighted by Gasteiger charge is -2.37. The maximum absolute atomic E-state index is 13.2. The molecule has 1 unspecified atom stereocenters. The van der Waals surface area contributed by atoms with Crippen LogP contribution in [0.1, 0.15) is 22.7 Å². The lowest BCUT2D eigenvalue weighted by atomic mass is 9.88. The fraction of sp³-hybridized carbons (Fsp3) is 0.235. The van der Waals surface area contributed by atoms with E-state index in [0.29, 0.717) is 6.54 Å². The summed E-state index contributed by atoms with van der Waals surface area (Å²) in [6, 6.07) is 14.2. The number of hydrogen-bond donors (Lipinski definition) is 1. The first-order valence-corrected chi connectivity index (χ1v) is 7.02. The number of nitrogens with zero attached hydrogens (tertiary/aromatic N) is 1. The summed E-state index contributed by atoms with van der Waals surface area (Å²) in [4.78, 5) is 14.0. The van der Waals surface area contributed by atoms with Gasteiger partial charge in [0, 0.05) is 13.6 Å². The molecule has 21 heavy (non-hydrogen) atoms. The summed E-state index contributed by atoms with van der Waals surface area (Å²) in [7, 11) is 1.63. The molecule has 0 bridgehead atoms. The van der Waals surface area contributed by atoms with E-state index >= 15 is 0 Å². The second-order valence-electron chi connectivity index (χ2n) is 5.15. The molecule has 2 aromatic rings. The van der Waals surface area contributed by atoms with E-state index in [1.165, 1.54) is 17.7 Å². The van der Waals surface area contributed by atoms with Crippen LogP contribution in [0.25, 0.3) is 0 Å². The van der Waals surface area contributed by atoms with Crippen LogP contribution in [0.3, 0.4) is 0 Å². The third kappa shape index (κ3) is 2.49. The van der Waals surface area contributed by atoms with Gasteiger partial charge in [-0.05, 0) is 35.2 Å². The molecular weight excluding hydrogens is 267 g/mol. The van der Waals surface area contributed by atoms with Gasteiger partial charge >= 0.3 is 6.03 Å². The fourth-order valence-corrected chi connectivity index (χ4v) is 2.93. The molecule has 3 nitrogen and oxygen atoms in total. The fourth-order valence-electron chi connectivity index (χ4n) is 2.93. The summed E-state index contributed by atoms with van der Waals surface area (Å²) >= 11 is 0. The molecule has 0 spiro atoms. The highest BCUT2D eigenvalue weighted by molar-refractivity contribution is 5.75. The highest BCUT2D eigenvalue weighted by Gasteiger charge is 2.31. The maximum Gasteiger partial charge on any atom is 0.317 e. The number of amides is 2. The van der Waals surface area contributed by atoms with Gasteiger partial charge in [0.1, 0.15) is 5.82 Å². The number of carbonyl (C=O) groups excluding carboxylic acids is 1. The number of hydrogen-bond acceptors (Lipinski definition) is 1. The molecule has 1 atom stereocenters. The molecule has 1 aliphatic heterocycles. The Morgan fingerprint density at radius 2 is 1.90 bits per heavy atom. The van der Waals surface area contributed by atoms with Gasteiger partial charge in [-0.3, -0.25) is 0 Å². The molecular formula is C17H17FN2O. The first-order valence-electron chi connectivity index (χ1n) is 7.02. The van der Waals surface area contributed by atoms with Crippen molar-refractivity contribution >= 4 is 6.03 Å². The molecule has 2 amide bonds. The topological polar surface area (TPSA) is 32.3 Å². The summed E-state index contributed by atoms with van der Waals surface area (Å²) in [6.45, 7) is 0.652. The van der Waals surface area contributed by atoms with E-state index in [2.05, 4.69) is 11.4 Å². The van der Waals surface area contributed by atoms with Crippen molar-refractivity contribution in [1.29, 1.82) is 0 Å². The molecule has 0 saturated carbocycles. The zero-order valence-electron chi connectivity index (χ0n) is 11.8. The molecule has 0 fully saturated rings. The monoisotopic (exact) mass is 284 g/mol. The molecule has 3 rings (SSSR count). The molecule has 0 aromatic heterocycles. The Hall–Kier alpha value is -2.36. The third-order valence-electron chi connectivity index (χ3n) is 3.94. The molecule has 4 heteroatoms. The summed E-state index contributed by atoms with van der Waals surface area (Å²) in [6.07, 6.45) is 0.835. The highest BCUT2D eigenvalue weighted by atomic mass is 19.1. The van der Waals surface area contributed by atoms with Crippen LogP contribution in [0.4, 0.5) is 9.18 Å². The number of nitrogens with one attached hydrogen (secondary N) is 1. The zero-order chi connectivity index (χ0) is 14.8. The number of rotatable bonds is 1. The van der Waals surface area contributed by atoms with Crippen LogP contribution >= 0.6 is 0 Å². The van der Waals surface area contributed by atoms with Gasteiger partial charge in [0.15, 0.2) is 0 Å². The van der Waals surface area contributed by atoms with Crippen molar-refractivity contribution < 1.29 is 9.18 Å². The van der Waals surface area contributed by atoms with Crippen molar-refractivity contribution in [1.82, 2.24) is 10.2 Å². The second kappa shape index (κ2) is 5.56. The van der Waals surface area contributed by atoms with Crippen LogP contribution in [0.15, 0.2) is 48.5 Å². The van der Waals surface area contributed by atoms with E-state index in [4.69, 9.17) is 0 Å². The van der Waals surface area contributed by atoms with Crippen molar-refractivity contribution in [3.05, 3.63) is 71.0 Å². The second-order valence-corrected chi connectivity index (χ2v) is 5.15. The van der Waals surface area contributed by atoms with Crippen LogP contribution < -0.4 is 5.32 Å². The van der Waals surface area contributed by atoms with E-state index in [-0.39, 0.29) is 17.9 Å². The van der Waals surface area contributed by atoms with E-state index in [1.54, 1.807) is 24.1 Å². The Balaban J connectivity index is 2.09. The highest BCUT2D eigenvalue weighted by Crippen LogP contribution is 2.35. The first kappa shape index (κ1) is 13.6. The van der Waals surface area contributed by atoms with Crippen LogP contribution in [-0.2, 0) is 6.42 Å². The summed E-state index contributed by atoms with van der Waals surface area (Å²) in [5, 5.41) is 2.69. The van der Waals surface area contributed by atoms with Gasteiger partial charge in [0.05, 0.1) is 6.04 Å². The van der Waals surface area contributed by atoms with Crippen molar-refractivity contribution in [3.63, 3.8) is 0 Å². The Morgan fingerprint density at radius 1 is 1.19 bits per heavy atom. The van der Waals surface area contributed by atoms with Gasteiger partial charge in [-0.2, -0.15) is 0 Å². The Labute approximate surface area is 123 Å². The average Bonchev–Trinajstić information content (AvgIpc) is 2.54. The third-order valence-corrected chi connectivity index (χ3v) is 3.94. The van der Waals surface area contributed by atoms with Gasteiger partial charge in [-0.15, -0.1) is 0 Å². The SMILES string of the molecule is CNC(=O)N1CCc2ccccc2C1c1ccc(F)cc1. The van der Waals surface area contributed by atoms with Gasteiger partial charge in [0.25, 0.3) is 0 Å². The average molecular weight is 284 g/mol. The molecule has 2 aromatic carbocycles. The number of halogens is 1. The minimum absolute atomic E-state index is 0.112. The Bertz CT molecular complexity index is 654. The minimum atomic E-state index is -0.269. The van der Waals surface area contributed by atoms with Gasteiger partial charge < -0.3 is 10.2 Å².